The molecule has 6 N–H and O–H groups in total. The Morgan fingerprint density at radius 1 is 1.38 bits per heavy atom. The van der Waals surface area contributed by atoms with E-state index in [-0.39, 0.29) is 23.8 Å². The molecule has 0 saturated heterocycles. The molecular weight excluding hydrogens is 393 g/mol. The van der Waals surface area contributed by atoms with Crippen LogP contribution in [0.1, 0.15) is 28.7 Å². The van der Waals surface area contributed by atoms with Crippen molar-refractivity contribution in [3.63, 3.8) is 0 Å². The molecule has 0 fully saturated rings. The van der Waals surface area contributed by atoms with Crippen LogP contribution in [0.4, 0.5) is 24.7 Å². The maximum Gasteiger partial charge on any atom is 0.311 e. The minimum atomic E-state index is -3.61. The largest absolute Gasteiger partial charge is 0.459 e. The van der Waals surface area contributed by atoms with Gasteiger partial charge in [-0.15, -0.1) is 0 Å². The second-order valence-corrected chi connectivity index (χ2v) is 6.44. The average Bonchev–Trinajstić information content (AvgIpc) is 2.66. The highest BCUT2D eigenvalue weighted by Gasteiger charge is 2.57. The summed E-state index contributed by atoms with van der Waals surface area (Å²) in [4.78, 5) is 23.6. The Hall–Kier alpha value is -3.41. The molecular formula is C17H17F3N6O3. The SMILES string of the molecule is C[C@]1(c2nc(NC(=O)c3ncc(CO)cc3N)ccc2F)N=C(N)OCC1(F)F. The van der Waals surface area contributed by atoms with E-state index in [9.17, 15) is 18.0 Å². The van der Waals surface area contributed by atoms with E-state index in [1.165, 1.54) is 12.3 Å². The zero-order chi connectivity index (χ0) is 21.4. The molecule has 1 aliphatic rings. The van der Waals surface area contributed by atoms with Gasteiger partial charge in [0.05, 0.1) is 12.3 Å². The molecule has 0 radical (unpaired) electrons. The van der Waals surface area contributed by atoms with Crippen LogP contribution in [0.15, 0.2) is 29.4 Å². The number of nitrogens with two attached hydrogens (primary N) is 2. The number of pyridine rings is 2. The number of amides is 1. The molecule has 1 aliphatic heterocycles. The number of carbonyl (C=O) groups is 1. The number of nitrogens with zero attached hydrogens (tertiary/aromatic N) is 3. The predicted molar refractivity (Wildman–Crippen MR) is 96.6 cm³/mol. The maximum absolute atomic E-state index is 14.4. The monoisotopic (exact) mass is 410 g/mol. The molecule has 2 aromatic heterocycles. The third-order valence-corrected chi connectivity index (χ3v) is 4.37. The molecule has 1 amide bonds. The minimum Gasteiger partial charge on any atom is -0.459 e. The summed E-state index contributed by atoms with van der Waals surface area (Å²) in [6.07, 6.45) is 1.25. The molecule has 12 heteroatoms. The molecule has 1 atom stereocenters. The van der Waals surface area contributed by atoms with Gasteiger partial charge in [0.15, 0.2) is 17.8 Å². The van der Waals surface area contributed by atoms with E-state index < -0.39 is 41.5 Å². The number of ether oxygens (including phenoxy) is 1. The Morgan fingerprint density at radius 3 is 2.76 bits per heavy atom. The quantitative estimate of drug-likeness (QED) is 0.590. The van der Waals surface area contributed by atoms with Crippen LogP contribution in [-0.2, 0) is 16.9 Å². The number of aromatic nitrogens is 2. The lowest BCUT2D eigenvalue weighted by Gasteiger charge is -2.36. The van der Waals surface area contributed by atoms with E-state index >= 15 is 0 Å². The lowest BCUT2D eigenvalue weighted by molar-refractivity contribution is -0.118. The molecule has 2 aromatic rings. The Morgan fingerprint density at radius 2 is 2.10 bits per heavy atom. The van der Waals surface area contributed by atoms with E-state index in [2.05, 4.69) is 25.0 Å². The number of carbonyl (C=O) groups excluding carboxylic acids is 1. The second kappa shape index (κ2) is 7.20. The third kappa shape index (κ3) is 3.66. The number of amidine groups is 1. The first-order valence-electron chi connectivity index (χ1n) is 8.27. The van der Waals surface area contributed by atoms with Gasteiger partial charge in [0.25, 0.3) is 11.9 Å². The third-order valence-electron chi connectivity index (χ3n) is 4.37. The van der Waals surface area contributed by atoms with Crippen molar-refractivity contribution in [1.82, 2.24) is 9.97 Å². The lowest BCUT2D eigenvalue weighted by Crippen LogP contribution is -2.51. The van der Waals surface area contributed by atoms with Gasteiger partial charge >= 0.3 is 5.92 Å². The highest BCUT2D eigenvalue weighted by atomic mass is 19.3. The van der Waals surface area contributed by atoms with Gasteiger partial charge in [0, 0.05) is 6.20 Å². The summed E-state index contributed by atoms with van der Waals surface area (Å²) < 4.78 is 47.8. The molecule has 0 unspecified atom stereocenters. The van der Waals surface area contributed by atoms with Crippen LogP contribution in [-0.4, -0.2) is 39.5 Å². The van der Waals surface area contributed by atoms with Crippen molar-refractivity contribution in [3.8, 4) is 0 Å². The van der Waals surface area contributed by atoms with E-state index in [1.54, 1.807) is 0 Å². The minimum absolute atomic E-state index is 0.0170. The van der Waals surface area contributed by atoms with Crippen LogP contribution >= 0.6 is 0 Å². The lowest BCUT2D eigenvalue weighted by atomic mass is 9.89. The molecule has 0 spiro atoms. The van der Waals surface area contributed by atoms with Crippen LogP contribution in [0.25, 0.3) is 0 Å². The molecule has 0 bridgehead atoms. The number of aliphatic hydroxyl groups is 1. The van der Waals surface area contributed by atoms with Gasteiger partial charge in [-0.25, -0.2) is 19.4 Å². The zero-order valence-electron chi connectivity index (χ0n) is 15.1. The number of nitrogen functional groups attached to an aromatic ring is 1. The Labute approximate surface area is 162 Å². The van der Waals surface area contributed by atoms with E-state index in [0.29, 0.717) is 5.56 Å². The number of nitrogens with one attached hydrogen (secondary N) is 1. The maximum atomic E-state index is 14.4. The van der Waals surface area contributed by atoms with Crippen LogP contribution in [0.3, 0.4) is 0 Å². The molecule has 0 aliphatic carbocycles. The number of rotatable bonds is 4. The second-order valence-electron chi connectivity index (χ2n) is 6.44. The van der Waals surface area contributed by atoms with Gasteiger partial charge in [-0.3, -0.25) is 4.79 Å². The Balaban J connectivity index is 1.96. The van der Waals surface area contributed by atoms with E-state index in [1.807, 2.05) is 0 Å². The molecule has 3 heterocycles. The van der Waals surface area contributed by atoms with Crippen LogP contribution < -0.4 is 16.8 Å². The molecule has 3 rings (SSSR count). The van der Waals surface area contributed by atoms with Gasteiger partial charge in [-0.05, 0) is 30.7 Å². The highest BCUT2D eigenvalue weighted by Crippen LogP contribution is 2.43. The topological polar surface area (TPSA) is 149 Å². The average molecular weight is 410 g/mol. The van der Waals surface area contributed by atoms with Gasteiger partial charge in [0.2, 0.25) is 0 Å². The first-order valence-corrected chi connectivity index (χ1v) is 8.27. The normalized spacial score (nSPS) is 20.5. The van der Waals surface area contributed by atoms with Crippen LogP contribution in [0, 0.1) is 5.82 Å². The van der Waals surface area contributed by atoms with Crippen molar-refractivity contribution < 1.29 is 27.8 Å². The molecule has 29 heavy (non-hydrogen) atoms. The van der Waals surface area contributed by atoms with Gasteiger partial charge in [0.1, 0.15) is 17.3 Å². The molecule has 0 aromatic carbocycles. The number of hydrogen-bond acceptors (Lipinski definition) is 8. The Bertz CT molecular complexity index is 1000. The van der Waals surface area contributed by atoms with E-state index in [0.717, 1.165) is 19.1 Å². The summed E-state index contributed by atoms with van der Waals surface area (Å²) in [5.74, 6) is -5.70. The van der Waals surface area contributed by atoms with Crippen molar-refractivity contribution in [2.24, 2.45) is 10.7 Å². The summed E-state index contributed by atoms with van der Waals surface area (Å²) in [6, 6.07) is 2.77. The molecule has 9 nitrogen and oxygen atoms in total. The van der Waals surface area contributed by atoms with Crippen molar-refractivity contribution in [2.75, 3.05) is 17.7 Å². The predicted octanol–water partition coefficient (Wildman–Crippen LogP) is 1.14. The van der Waals surface area contributed by atoms with Gasteiger partial charge in [-0.1, -0.05) is 0 Å². The fraction of sp³-hybridized carbons (Fsp3) is 0.294. The smallest absolute Gasteiger partial charge is 0.311 e. The number of anilines is 2. The summed E-state index contributed by atoms with van der Waals surface area (Å²) in [6.45, 7) is -0.455. The fourth-order valence-electron chi connectivity index (χ4n) is 2.70. The number of hydrogen-bond donors (Lipinski definition) is 4. The number of aliphatic imine (C=N–C) groups is 1. The Kier molecular flexibility index (Phi) is 5.05. The van der Waals surface area contributed by atoms with Gasteiger partial charge in [-0.2, -0.15) is 8.78 Å². The fourth-order valence-corrected chi connectivity index (χ4v) is 2.70. The number of aliphatic hydroxyl groups excluding tert-OH is 1. The van der Waals surface area contributed by atoms with Crippen LogP contribution in [0.2, 0.25) is 0 Å². The number of halogens is 3. The van der Waals surface area contributed by atoms with Gasteiger partial charge < -0.3 is 26.6 Å². The summed E-state index contributed by atoms with van der Waals surface area (Å²) >= 11 is 0. The molecule has 154 valence electrons. The standard InChI is InChI=1S/C17H17F3N6O3/c1-16(17(19,20)7-29-15(22)26-16)13-9(18)2-3-11(24-13)25-14(28)12-10(21)4-8(6-27)5-23-12/h2-5,27H,6-7,21H2,1H3,(H2,22,26)(H,24,25,28)/t16-/m1/s1. The zero-order valence-corrected chi connectivity index (χ0v) is 15.1. The van der Waals surface area contributed by atoms with Crippen LogP contribution in [0.5, 0.6) is 0 Å². The number of alkyl halides is 2. The summed E-state index contributed by atoms with van der Waals surface area (Å²) in [5, 5.41) is 11.4. The highest BCUT2D eigenvalue weighted by molar-refractivity contribution is 6.05. The van der Waals surface area contributed by atoms with Crippen molar-refractivity contribution >= 4 is 23.4 Å². The summed E-state index contributed by atoms with van der Waals surface area (Å²) in [7, 11) is 0. The van der Waals surface area contributed by atoms with Crippen molar-refractivity contribution in [2.45, 2.75) is 25.0 Å². The molecule has 0 saturated carbocycles. The van der Waals surface area contributed by atoms with Crippen molar-refractivity contribution in [3.05, 3.63) is 47.2 Å². The first kappa shape index (κ1) is 20.3. The first-order chi connectivity index (χ1) is 13.6. The summed E-state index contributed by atoms with van der Waals surface area (Å²) in [5.41, 5.74) is 8.16. The van der Waals surface area contributed by atoms with Crippen molar-refractivity contribution in [1.29, 1.82) is 0 Å². The van der Waals surface area contributed by atoms with E-state index in [4.69, 9.17) is 16.6 Å².